The molecule has 0 atom stereocenters. The molecule has 2 rings (SSSR count). The monoisotopic (exact) mass is 247 g/mol. The van der Waals surface area contributed by atoms with Crippen molar-refractivity contribution in [1.29, 1.82) is 0 Å². The number of H-pyrrole nitrogens is 1. The molecule has 18 heavy (non-hydrogen) atoms. The van der Waals surface area contributed by atoms with Crippen LogP contribution in [-0.2, 0) is 10.2 Å². The summed E-state index contributed by atoms with van der Waals surface area (Å²) in [4.78, 5) is 14.6. The Bertz CT molecular complexity index is 611. The topological polar surface area (TPSA) is 62.3 Å². The lowest BCUT2D eigenvalue weighted by molar-refractivity contribution is -0.142. The van der Waals surface area contributed by atoms with E-state index in [0.29, 0.717) is 0 Å². The first-order chi connectivity index (χ1) is 8.37. The van der Waals surface area contributed by atoms with Crippen LogP contribution in [0.1, 0.15) is 25.1 Å². The number of hydrogen-bond acceptors (Lipinski definition) is 2. The van der Waals surface area contributed by atoms with E-state index in [2.05, 4.69) is 4.98 Å². The number of rotatable bonds is 3. The number of fused-ring (bicyclic) bond motifs is 1. The molecular weight excluding hydrogens is 230 g/mol. The highest BCUT2D eigenvalue weighted by atomic mass is 16.5. The largest absolute Gasteiger partial charge is 0.497 e. The molecule has 0 spiro atoms. The molecule has 2 aromatic rings. The van der Waals surface area contributed by atoms with E-state index in [-0.39, 0.29) is 0 Å². The SMILES string of the molecule is COc1ccc2c(C(C)(C)C(=O)O)c(C)[nH]c2c1. The van der Waals surface area contributed by atoms with Gasteiger partial charge in [-0.3, -0.25) is 4.79 Å². The van der Waals surface area contributed by atoms with Crippen molar-refractivity contribution in [2.45, 2.75) is 26.2 Å². The van der Waals surface area contributed by atoms with E-state index in [0.717, 1.165) is 27.9 Å². The lowest BCUT2D eigenvalue weighted by atomic mass is 9.83. The third-order valence-corrected chi connectivity index (χ3v) is 3.35. The molecule has 4 heteroatoms. The summed E-state index contributed by atoms with van der Waals surface area (Å²) in [7, 11) is 1.61. The Balaban J connectivity index is 2.72. The molecule has 0 radical (unpaired) electrons. The highest BCUT2D eigenvalue weighted by Crippen LogP contribution is 2.35. The molecule has 2 N–H and O–H groups in total. The Kier molecular flexibility index (Phi) is 2.81. The van der Waals surface area contributed by atoms with Crippen molar-refractivity contribution in [1.82, 2.24) is 4.98 Å². The zero-order chi connectivity index (χ0) is 13.5. The molecule has 1 aromatic heterocycles. The van der Waals surface area contributed by atoms with Crippen molar-refractivity contribution >= 4 is 16.9 Å². The number of carbonyl (C=O) groups is 1. The summed E-state index contributed by atoms with van der Waals surface area (Å²) in [5.41, 5.74) is 1.69. The van der Waals surface area contributed by atoms with Crippen molar-refractivity contribution in [3.8, 4) is 5.75 Å². The number of hydrogen-bond donors (Lipinski definition) is 2. The number of aromatic nitrogens is 1. The van der Waals surface area contributed by atoms with E-state index in [1.54, 1.807) is 21.0 Å². The molecule has 0 aliphatic heterocycles. The second-order valence-electron chi connectivity index (χ2n) is 4.97. The first-order valence-corrected chi connectivity index (χ1v) is 5.78. The lowest BCUT2D eigenvalue weighted by Gasteiger charge is -2.20. The highest BCUT2D eigenvalue weighted by Gasteiger charge is 2.33. The van der Waals surface area contributed by atoms with E-state index in [1.807, 2.05) is 25.1 Å². The smallest absolute Gasteiger partial charge is 0.313 e. The number of benzene rings is 1. The fourth-order valence-electron chi connectivity index (χ4n) is 2.35. The fourth-order valence-corrected chi connectivity index (χ4v) is 2.35. The van der Waals surface area contributed by atoms with E-state index < -0.39 is 11.4 Å². The number of carboxylic acids is 1. The second kappa shape index (κ2) is 4.05. The van der Waals surface area contributed by atoms with E-state index >= 15 is 0 Å². The van der Waals surface area contributed by atoms with Gasteiger partial charge >= 0.3 is 5.97 Å². The number of ether oxygens (including phenoxy) is 1. The molecule has 0 fully saturated rings. The summed E-state index contributed by atoms with van der Waals surface area (Å²) in [6.45, 7) is 5.33. The summed E-state index contributed by atoms with van der Waals surface area (Å²) in [6.07, 6.45) is 0. The predicted molar refractivity (Wildman–Crippen MR) is 70.2 cm³/mol. The minimum atomic E-state index is -0.920. The van der Waals surface area contributed by atoms with Crippen LogP contribution >= 0.6 is 0 Å². The molecule has 0 bridgehead atoms. The van der Waals surface area contributed by atoms with Gasteiger partial charge in [0.05, 0.1) is 12.5 Å². The molecule has 1 aromatic carbocycles. The van der Waals surface area contributed by atoms with Crippen molar-refractivity contribution < 1.29 is 14.6 Å². The van der Waals surface area contributed by atoms with Crippen LogP contribution < -0.4 is 4.74 Å². The molecule has 4 nitrogen and oxygen atoms in total. The zero-order valence-corrected chi connectivity index (χ0v) is 11.0. The van der Waals surface area contributed by atoms with E-state index in [9.17, 15) is 9.90 Å². The normalized spacial score (nSPS) is 11.8. The lowest BCUT2D eigenvalue weighted by Crippen LogP contribution is -2.29. The van der Waals surface area contributed by atoms with Gasteiger partial charge in [-0.25, -0.2) is 0 Å². The molecular formula is C14H17NO3. The Morgan fingerprint density at radius 1 is 1.39 bits per heavy atom. The van der Waals surface area contributed by atoms with Crippen LogP contribution in [0.3, 0.4) is 0 Å². The third-order valence-electron chi connectivity index (χ3n) is 3.35. The average molecular weight is 247 g/mol. The number of aryl methyl sites for hydroxylation is 1. The molecule has 1 heterocycles. The Morgan fingerprint density at radius 2 is 2.06 bits per heavy atom. The number of aromatic amines is 1. The van der Waals surface area contributed by atoms with Gasteiger partial charge in [-0.15, -0.1) is 0 Å². The van der Waals surface area contributed by atoms with E-state index in [1.165, 1.54) is 0 Å². The standard InChI is InChI=1S/C14H17NO3/c1-8-12(14(2,3)13(16)17)10-6-5-9(18-4)7-11(10)15-8/h5-7,15H,1-4H3,(H,16,17). The number of aliphatic carboxylic acids is 1. The summed E-state index contributed by atoms with van der Waals surface area (Å²) >= 11 is 0. The third kappa shape index (κ3) is 1.74. The number of methoxy groups -OCH3 is 1. The molecule has 96 valence electrons. The number of carboxylic acid groups (broad SMARTS) is 1. The minimum absolute atomic E-state index is 0.753. The van der Waals surface area contributed by atoms with Gasteiger partial charge in [-0.2, -0.15) is 0 Å². The van der Waals surface area contributed by atoms with Crippen LogP contribution in [0.5, 0.6) is 5.75 Å². The summed E-state index contributed by atoms with van der Waals surface area (Å²) in [5.74, 6) is -0.0780. The molecule has 0 aliphatic carbocycles. The van der Waals surface area contributed by atoms with Gasteiger partial charge in [-0.05, 0) is 38.5 Å². The first kappa shape index (κ1) is 12.5. The minimum Gasteiger partial charge on any atom is -0.497 e. The van der Waals surface area contributed by atoms with Crippen molar-refractivity contribution in [2.75, 3.05) is 7.11 Å². The maximum atomic E-state index is 11.4. The number of nitrogens with one attached hydrogen (secondary N) is 1. The van der Waals surface area contributed by atoms with Crippen LogP contribution in [0.25, 0.3) is 10.9 Å². The van der Waals surface area contributed by atoms with Crippen LogP contribution in [0.15, 0.2) is 18.2 Å². The molecule has 0 saturated heterocycles. The summed E-state index contributed by atoms with van der Waals surface area (Å²) < 4.78 is 5.17. The van der Waals surface area contributed by atoms with Crippen LogP contribution in [0.4, 0.5) is 0 Å². The quantitative estimate of drug-likeness (QED) is 0.876. The van der Waals surface area contributed by atoms with E-state index in [4.69, 9.17) is 4.74 Å². The van der Waals surface area contributed by atoms with Crippen LogP contribution in [0, 0.1) is 6.92 Å². The first-order valence-electron chi connectivity index (χ1n) is 5.78. The van der Waals surface area contributed by atoms with Crippen molar-refractivity contribution in [2.24, 2.45) is 0 Å². The predicted octanol–water partition coefficient (Wildman–Crippen LogP) is 2.85. The van der Waals surface area contributed by atoms with Gasteiger partial charge in [0.1, 0.15) is 5.75 Å². The molecule has 0 aliphatic rings. The Morgan fingerprint density at radius 3 is 2.61 bits per heavy atom. The maximum Gasteiger partial charge on any atom is 0.313 e. The van der Waals surface area contributed by atoms with Gasteiger partial charge in [0, 0.05) is 22.7 Å². The van der Waals surface area contributed by atoms with Gasteiger partial charge in [-0.1, -0.05) is 0 Å². The average Bonchev–Trinajstić information content (AvgIpc) is 2.63. The highest BCUT2D eigenvalue weighted by molar-refractivity contribution is 5.93. The summed E-state index contributed by atoms with van der Waals surface area (Å²) in [5, 5.41) is 10.3. The van der Waals surface area contributed by atoms with Gasteiger partial charge in [0.25, 0.3) is 0 Å². The Hall–Kier alpha value is -1.97. The zero-order valence-electron chi connectivity index (χ0n) is 11.0. The van der Waals surface area contributed by atoms with Crippen LogP contribution in [-0.4, -0.2) is 23.2 Å². The Labute approximate surface area is 106 Å². The molecule has 0 saturated carbocycles. The second-order valence-corrected chi connectivity index (χ2v) is 4.97. The van der Waals surface area contributed by atoms with Gasteiger partial charge in [0.15, 0.2) is 0 Å². The van der Waals surface area contributed by atoms with Crippen molar-refractivity contribution in [3.05, 3.63) is 29.5 Å². The van der Waals surface area contributed by atoms with Crippen molar-refractivity contribution in [3.63, 3.8) is 0 Å². The van der Waals surface area contributed by atoms with Crippen LogP contribution in [0.2, 0.25) is 0 Å². The molecule has 0 amide bonds. The van der Waals surface area contributed by atoms with Gasteiger partial charge in [0.2, 0.25) is 0 Å². The maximum absolute atomic E-state index is 11.4. The van der Waals surface area contributed by atoms with Gasteiger partial charge < -0.3 is 14.8 Å². The fraction of sp³-hybridized carbons (Fsp3) is 0.357. The summed E-state index contributed by atoms with van der Waals surface area (Å²) in [6, 6.07) is 5.62. The molecule has 0 unspecified atom stereocenters.